The quantitative estimate of drug-likeness (QED) is 0.933. The summed E-state index contributed by atoms with van der Waals surface area (Å²) in [6, 6.07) is 2.58. The highest BCUT2D eigenvalue weighted by atomic mass is 19.1. The molecule has 1 aromatic heterocycles. The molecule has 106 valence electrons. The van der Waals surface area contributed by atoms with Crippen LogP contribution in [-0.4, -0.2) is 36.1 Å². The number of hydrogen-bond acceptors (Lipinski definition) is 5. The summed E-state index contributed by atoms with van der Waals surface area (Å²) < 4.78 is 28.1. The number of benzene rings is 1. The van der Waals surface area contributed by atoms with E-state index in [1.807, 2.05) is 0 Å². The van der Waals surface area contributed by atoms with E-state index in [-0.39, 0.29) is 17.3 Å². The highest BCUT2D eigenvalue weighted by molar-refractivity contribution is 5.61. The first-order chi connectivity index (χ1) is 9.43. The summed E-state index contributed by atoms with van der Waals surface area (Å²) in [5, 5.41) is 2.75. The molecular weight excluding hydrogens is 264 g/mol. The lowest BCUT2D eigenvalue weighted by molar-refractivity contribution is 0.581. The van der Waals surface area contributed by atoms with E-state index in [1.54, 1.807) is 33.0 Å². The van der Waals surface area contributed by atoms with Gasteiger partial charge in [0, 0.05) is 21.1 Å². The SMILES string of the molecule is CNc1nc(-c2c(F)ccc(C)c2F)nc(N(C)C)n1. The molecule has 7 heteroatoms. The van der Waals surface area contributed by atoms with Gasteiger partial charge < -0.3 is 10.2 Å². The summed E-state index contributed by atoms with van der Waals surface area (Å²) in [5.41, 5.74) is 0.0891. The van der Waals surface area contributed by atoms with Crippen molar-refractivity contribution in [2.24, 2.45) is 0 Å². The largest absolute Gasteiger partial charge is 0.357 e. The van der Waals surface area contributed by atoms with E-state index < -0.39 is 11.6 Å². The van der Waals surface area contributed by atoms with Crippen molar-refractivity contribution in [1.29, 1.82) is 0 Å². The van der Waals surface area contributed by atoms with Gasteiger partial charge in [-0.15, -0.1) is 0 Å². The first kappa shape index (κ1) is 14.1. The van der Waals surface area contributed by atoms with Gasteiger partial charge in [-0.2, -0.15) is 15.0 Å². The van der Waals surface area contributed by atoms with Gasteiger partial charge in [-0.05, 0) is 18.6 Å². The lowest BCUT2D eigenvalue weighted by Gasteiger charge is -2.13. The van der Waals surface area contributed by atoms with Crippen LogP contribution in [-0.2, 0) is 0 Å². The lowest BCUT2D eigenvalue weighted by atomic mass is 10.1. The standard InChI is InChI=1S/C13H15F2N5/c1-7-5-6-8(14)9(10(7)15)11-17-12(16-2)19-13(18-11)20(3)4/h5-6H,1-4H3,(H,16,17,18,19). The number of aryl methyl sites for hydroxylation is 1. The molecule has 0 aliphatic heterocycles. The van der Waals surface area contributed by atoms with Gasteiger partial charge in [0.05, 0.1) is 5.56 Å². The molecule has 0 amide bonds. The molecule has 0 spiro atoms. The van der Waals surface area contributed by atoms with Crippen LogP contribution in [0.25, 0.3) is 11.4 Å². The van der Waals surface area contributed by atoms with Crippen LogP contribution in [0.3, 0.4) is 0 Å². The molecule has 0 aliphatic carbocycles. The van der Waals surface area contributed by atoms with Gasteiger partial charge in [-0.3, -0.25) is 0 Å². The normalized spacial score (nSPS) is 10.5. The van der Waals surface area contributed by atoms with Gasteiger partial charge in [0.25, 0.3) is 0 Å². The van der Waals surface area contributed by atoms with E-state index in [1.165, 1.54) is 12.1 Å². The maximum atomic E-state index is 14.1. The van der Waals surface area contributed by atoms with E-state index in [2.05, 4.69) is 20.3 Å². The van der Waals surface area contributed by atoms with Crippen molar-refractivity contribution >= 4 is 11.9 Å². The van der Waals surface area contributed by atoms with Gasteiger partial charge in [0.1, 0.15) is 11.6 Å². The van der Waals surface area contributed by atoms with Crippen molar-refractivity contribution in [3.05, 3.63) is 29.3 Å². The first-order valence-electron chi connectivity index (χ1n) is 6.00. The molecule has 2 rings (SSSR count). The van der Waals surface area contributed by atoms with Crippen LogP contribution in [0.5, 0.6) is 0 Å². The second-order valence-corrected chi connectivity index (χ2v) is 4.48. The zero-order chi connectivity index (χ0) is 14.9. The van der Waals surface area contributed by atoms with Crippen LogP contribution >= 0.6 is 0 Å². The monoisotopic (exact) mass is 279 g/mol. The molecule has 2 aromatic rings. The molecule has 0 atom stereocenters. The minimum absolute atomic E-state index is 0.0354. The van der Waals surface area contributed by atoms with E-state index in [0.717, 1.165) is 0 Å². The molecule has 5 nitrogen and oxygen atoms in total. The maximum Gasteiger partial charge on any atom is 0.230 e. The molecule has 0 unspecified atom stereocenters. The Morgan fingerprint density at radius 1 is 1.10 bits per heavy atom. The van der Waals surface area contributed by atoms with E-state index in [0.29, 0.717) is 11.5 Å². The summed E-state index contributed by atoms with van der Waals surface area (Å²) in [5.74, 6) is -0.834. The molecule has 0 saturated carbocycles. The number of rotatable bonds is 3. The fourth-order valence-corrected chi connectivity index (χ4v) is 1.65. The van der Waals surface area contributed by atoms with Crippen LogP contribution in [0.15, 0.2) is 12.1 Å². The van der Waals surface area contributed by atoms with Crippen LogP contribution in [0, 0.1) is 18.6 Å². The van der Waals surface area contributed by atoms with Gasteiger partial charge in [-0.25, -0.2) is 8.78 Å². The molecule has 0 radical (unpaired) electrons. The Morgan fingerprint density at radius 2 is 1.80 bits per heavy atom. The fourth-order valence-electron chi connectivity index (χ4n) is 1.65. The van der Waals surface area contributed by atoms with E-state index in [9.17, 15) is 8.78 Å². The van der Waals surface area contributed by atoms with Crippen molar-refractivity contribution in [3.8, 4) is 11.4 Å². The summed E-state index contributed by atoms with van der Waals surface area (Å²) in [4.78, 5) is 13.9. The van der Waals surface area contributed by atoms with Crippen molar-refractivity contribution < 1.29 is 8.78 Å². The molecule has 0 bridgehead atoms. The zero-order valence-electron chi connectivity index (χ0n) is 11.7. The molecular formula is C13H15F2N5. The number of anilines is 2. The minimum atomic E-state index is -0.703. The Bertz CT molecular complexity index is 643. The van der Waals surface area contributed by atoms with Gasteiger partial charge in [0.2, 0.25) is 11.9 Å². The topological polar surface area (TPSA) is 53.9 Å². The molecule has 1 aromatic carbocycles. The number of nitrogens with one attached hydrogen (secondary N) is 1. The Morgan fingerprint density at radius 3 is 2.40 bits per heavy atom. The average Bonchev–Trinajstić information content (AvgIpc) is 2.43. The highest BCUT2D eigenvalue weighted by Gasteiger charge is 2.18. The third-order valence-corrected chi connectivity index (χ3v) is 2.76. The Hall–Kier alpha value is -2.31. The van der Waals surface area contributed by atoms with Crippen LogP contribution < -0.4 is 10.2 Å². The second-order valence-electron chi connectivity index (χ2n) is 4.48. The molecule has 1 heterocycles. The zero-order valence-corrected chi connectivity index (χ0v) is 11.7. The number of hydrogen-bond donors (Lipinski definition) is 1. The van der Waals surface area contributed by atoms with Crippen LogP contribution in [0.4, 0.5) is 20.7 Å². The van der Waals surface area contributed by atoms with Gasteiger partial charge in [0.15, 0.2) is 5.82 Å². The molecule has 0 fully saturated rings. The van der Waals surface area contributed by atoms with Gasteiger partial charge >= 0.3 is 0 Å². The first-order valence-corrected chi connectivity index (χ1v) is 6.00. The van der Waals surface area contributed by atoms with Crippen molar-refractivity contribution in [3.63, 3.8) is 0 Å². The predicted molar refractivity (Wildman–Crippen MR) is 73.8 cm³/mol. The van der Waals surface area contributed by atoms with Gasteiger partial charge in [-0.1, -0.05) is 6.07 Å². The Kier molecular flexibility index (Phi) is 3.78. The fraction of sp³-hybridized carbons (Fsp3) is 0.308. The smallest absolute Gasteiger partial charge is 0.230 e. The Labute approximate surface area is 115 Å². The third-order valence-electron chi connectivity index (χ3n) is 2.76. The second kappa shape index (κ2) is 5.36. The summed E-state index contributed by atoms with van der Waals surface area (Å²) in [6.07, 6.45) is 0. The molecule has 0 saturated heterocycles. The summed E-state index contributed by atoms with van der Waals surface area (Å²) >= 11 is 0. The number of halogens is 2. The lowest BCUT2D eigenvalue weighted by Crippen LogP contribution is -2.15. The number of aromatic nitrogens is 3. The third kappa shape index (κ3) is 2.52. The number of nitrogens with zero attached hydrogens (tertiary/aromatic N) is 4. The van der Waals surface area contributed by atoms with Crippen LogP contribution in [0.1, 0.15) is 5.56 Å². The average molecular weight is 279 g/mol. The van der Waals surface area contributed by atoms with Crippen LogP contribution in [0.2, 0.25) is 0 Å². The highest BCUT2D eigenvalue weighted by Crippen LogP contribution is 2.26. The molecule has 20 heavy (non-hydrogen) atoms. The van der Waals surface area contributed by atoms with E-state index >= 15 is 0 Å². The summed E-state index contributed by atoms with van der Waals surface area (Å²) in [6.45, 7) is 1.56. The predicted octanol–water partition coefficient (Wildman–Crippen LogP) is 2.23. The van der Waals surface area contributed by atoms with Crippen molar-refractivity contribution in [2.45, 2.75) is 6.92 Å². The maximum absolute atomic E-state index is 14.1. The van der Waals surface area contributed by atoms with Crippen molar-refractivity contribution in [1.82, 2.24) is 15.0 Å². The summed E-state index contributed by atoms with van der Waals surface area (Å²) in [7, 11) is 5.10. The molecule has 0 aliphatic rings. The van der Waals surface area contributed by atoms with E-state index in [4.69, 9.17) is 0 Å². The Balaban J connectivity index is 2.69. The van der Waals surface area contributed by atoms with Crippen molar-refractivity contribution in [2.75, 3.05) is 31.4 Å². The molecule has 1 N–H and O–H groups in total. The minimum Gasteiger partial charge on any atom is -0.357 e.